The highest BCUT2D eigenvalue weighted by atomic mass is 35.5. The van der Waals surface area contributed by atoms with Gasteiger partial charge >= 0.3 is 0 Å². The zero-order valence-electron chi connectivity index (χ0n) is 10.1. The third kappa shape index (κ3) is 2.57. The van der Waals surface area contributed by atoms with Crippen LogP contribution in [0.1, 0.15) is 5.01 Å². The molecule has 18 heavy (non-hydrogen) atoms. The second-order valence-corrected chi connectivity index (χ2v) is 4.92. The summed E-state index contributed by atoms with van der Waals surface area (Å²) in [4.78, 5) is 0. The molecule has 2 rings (SSSR count). The monoisotopic (exact) mass is 284 g/mol. The number of aryl methyl sites for hydroxylation is 1. The number of alkyl halides is 1. The van der Waals surface area contributed by atoms with Crippen molar-refractivity contribution in [2.45, 2.75) is 6.42 Å². The van der Waals surface area contributed by atoms with Crippen LogP contribution in [0.5, 0.6) is 11.5 Å². The Hall–Kier alpha value is -1.33. The van der Waals surface area contributed by atoms with E-state index in [9.17, 15) is 0 Å². The Morgan fingerprint density at radius 1 is 1.17 bits per heavy atom. The molecule has 1 aromatic heterocycles. The third-order valence-electron chi connectivity index (χ3n) is 2.42. The van der Waals surface area contributed by atoms with E-state index in [1.807, 2.05) is 18.2 Å². The van der Waals surface area contributed by atoms with Gasteiger partial charge in [0.15, 0.2) is 5.01 Å². The summed E-state index contributed by atoms with van der Waals surface area (Å²) in [6.07, 6.45) is 0.719. The second kappa shape index (κ2) is 6.02. The molecule has 0 spiro atoms. The molecule has 0 atom stereocenters. The fourth-order valence-corrected chi connectivity index (χ4v) is 2.78. The molecule has 0 aliphatic carbocycles. The van der Waals surface area contributed by atoms with E-state index in [1.165, 1.54) is 11.3 Å². The molecule has 96 valence electrons. The van der Waals surface area contributed by atoms with Crippen LogP contribution in [0.25, 0.3) is 10.6 Å². The first kappa shape index (κ1) is 13.1. The predicted octanol–water partition coefficient (Wildman–Crippen LogP) is 3.00. The highest BCUT2D eigenvalue weighted by Crippen LogP contribution is 2.39. The normalized spacial score (nSPS) is 10.4. The average molecular weight is 285 g/mol. The van der Waals surface area contributed by atoms with E-state index in [4.69, 9.17) is 21.1 Å². The van der Waals surface area contributed by atoms with Crippen molar-refractivity contribution in [3.05, 3.63) is 23.2 Å². The molecule has 0 saturated carbocycles. The number of halogens is 1. The number of aromatic nitrogens is 2. The number of methoxy groups -OCH3 is 2. The van der Waals surface area contributed by atoms with Gasteiger partial charge in [-0.15, -0.1) is 21.8 Å². The molecule has 2 aromatic rings. The van der Waals surface area contributed by atoms with E-state index >= 15 is 0 Å². The summed E-state index contributed by atoms with van der Waals surface area (Å²) in [5.41, 5.74) is 0.834. The fourth-order valence-electron chi connectivity index (χ4n) is 1.60. The molecule has 0 aliphatic rings. The molecule has 0 bridgehead atoms. The van der Waals surface area contributed by atoms with E-state index in [2.05, 4.69) is 10.2 Å². The van der Waals surface area contributed by atoms with E-state index in [1.54, 1.807) is 14.2 Å². The minimum Gasteiger partial charge on any atom is -0.496 e. The summed E-state index contributed by atoms with van der Waals surface area (Å²) in [6.45, 7) is 0. The Labute approximate surface area is 115 Å². The molecule has 1 aromatic carbocycles. The maximum Gasteiger partial charge on any atom is 0.155 e. The van der Waals surface area contributed by atoms with Gasteiger partial charge in [0, 0.05) is 12.3 Å². The lowest BCUT2D eigenvalue weighted by molar-refractivity contribution is 0.397. The van der Waals surface area contributed by atoms with Gasteiger partial charge in [-0.2, -0.15) is 0 Å². The summed E-state index contributed by atoms with van der Waals surface area (Å²) < 4.78 is 10.7. The quantitative estimate of drug-likeness (QED) is 0.792. The predicted molar refractivity (Wildman–Crippen MR) is 72.9 cm³/mol. The van der Waals surface area contributed by atoms with Crippen LogP contribution in [0.3, 0.4) is 0 Å². The van der Waals surface area contributed by atoms with E-state index in [0.29, 0.717) is 5.88 Å². The van der Waals surface area contributed by atoms with Gasteiger partial charge in [-0.25, -0.2) is 0 Å². The molecular formula is C12H13ClN2O2S. The molecular weight excluding hydrogens is 272 g/mol. The standard InChI is InChI=1S/C12H13ClN2O2S/c1-16-8-4-3-5-9(17-2)11(8)12-15-14-10(18-12)6-7-13/h3-5H,6-7H2,1-2H3. The highest BCUT2D eigenvalue weighted by Gasteiger charge is 2.16. The number of nitrogens with zero attached hydrogens (tertiary/aromatic N) is 2. The van der Waals surface area contributed by atoms with Crippen molar-refractivity contribution in [2.24, 2.45) is 0 Å². The first-order valence-corrected chi connectivity index (χ1v) is 6.75. The lowest BCUT2D eigenvalue weighted by atomic mass is 10.2. The minimum absolute atomic E-state index is 0.539. The first-order valence-electron chi connectivity index (χ1n) is 5.40. The topological polar surface area (TPSA) is 44.2 Å². The molecule has 0 N–H and O–H groups in total. The summed E-state index contributed by atoms with van der Waals surface area (Å²) >= 11 is 7.20. The molecule has 0 saturated heterocycles. The second-order valence-electron chi connectivity index (χ2n) is 3.48. The van der Waals surface area contributed by atoms with Crippen molar-refractivity contribution in [2.75, 3.05) is 20.1 Å². The smallest absolute Gasteiger partial charge is 0.155 e. The van der Waals surface area contributed by atoms with Crippen LogP contribution in [-0.4, -0.2) is 30.3 Å². The number of hydrogen-bond donors (Lipinski definition) is 0. The average Bonchev–Trinajstić information content (AvgIpc) is 2.86. The third-order valence-corrected chi connectivity index (χ3v) is 3.61. The maximum absolute atomic E-state index is 5.70. The number of ether oxygens (including phenoxy) is 2. The summed E-state index contributed by atoms with van der Waals surface area (Å²) in [5, 5.41) is 9.97. The van der Waals surface area contributed by atoms with Crippen LogP contribution in [0.4, 0.5) is 0 Å². The van der Waals surface area contributed by atoms with Gasteiger partial charge in [0.1, 0.15) is 16.5 Å². The molecule has 0 radical (unpaired) electrons. The summed E-state index contributed by atoms with van der Waals surface area (Å²) in [5.74, 6) is 1.99. The Bertz CT molecular complexity index is 508. The van der Waals surface area contributed by atoms with Crippen LogP contribution in [0.15, 0.2) is 18.2 Å². The number of rotatable bonds is 5. The number of hydrogen-bond acceptors (Lipinski definition) is 5. The Kier molecular flexibility index (Phi) is 4.38. The van der Waals surface area contributed by atoms with Gasteiger partial charge in [-0.1, -0.05) is 17.4 Å². The van der Waals surface area contributed by atoms with Crippen LogP contribution >= 0.6 is 22.9 Å². The minimum atomic E-state index is 0.539. The van der Waals surface area contributed by atoms with Crippen LogP contribution in [-0.2, 0) is 6.42 Å². The highest BCUT2D eigenvalue weighted by molar-refractivity contribution is 7.14. The lowest BCUT2D eigenvalue weighted by Crippen LogP contribution is -1.92. The van der Waals surface area contributed by atoms with Crippen molar-refractivity contribution < 1.29 is 9.47 Å². The molecule has 0 unspecified atom stereocenters. The SMILES string of the molecule is COc1cccc(OC)c1-c1nnc(CCCl)s1. The van der Waals surface area contributed by atoms with E-state index in [0.717, 1.165) is 33.5 Å². The van der Waals surface area contributed by atoms with Gasteiger partial charge in [0.25, 0.3) is 0 Å². The zero-order chi connectivity index (χ0) is 13.0. The van der Waals surface area contributed by atoms with Crippen molar-refractivity contribution in [3.63, 3.8) is 0 Å². The number of benzene rings is 1. The van der Waals surface area contributed by atoms with Crippen LogP contribution in [0, 0.1) is 0 Å². The Morgan fingerprint density at radius 2 is 1.83 bits per heavy atom. The first-order chi connectivity index (χ1) is 8.80. The van der Waals surface area contributed by atoms with Crippen molar-refractivity contribution in [1.82, 2.24) is 10.2 Å². The summed E-state index contributed by atoms with van der Waals surface area (Å²) in [6, 6.07) is 5.63. The summed E-state index contributed by atoms with van der Waals surface area (Å²) in [7, 11) is 3.25. The van der Waals surface area contributed by atoms with Crippen LogP contribution < -0.4 is 9.47 Å². The van der Waals surface area contributed by atoms with E-state index < -0.39 is 0 Å². The molecule has 0 amide bonds. The largest absolute Gasteiger partial charge is 0.496 e. The van der Waals surface area contributed by atoms with Crippen LogP contribution in [0.2, 0.25) is 0 Å². The Balaban J connectivity index is 2.47. The van der Waals surface area contributed by atoms with Gasteiger partial charge in [0.2, 0.25) is 0 Å². The van der Waals surface area contributed by atoms with Gasteiger partial charge in [-0.3, -0.25) is 0 Å². The maximum atomic E-state index is 5.70. The molecule has 1 heterocycles. The lowest BCUT2D eigenvalue weighted by Gasteiger charge is -2.09. The van der Waals surface area contributed by atoms with Crippen molar-refractivity contribution >= 4 is 22.9 Å². The van der Waals surface area contributed by atoms with E-state index in [-0.39, 0.29) is 0 Å². The van der Waals surface area contributed by atoms with Gasteiger partial charge in [0.05, 0.1) is 19.8 Å². The zero-order valence-corrected chi connectivity index (χ0v) is 11.7. The Morgan fingerprint density at radius 3 is 2.39 bits per heavy atom. The molecule has 6 heteroatoms. The van der Waals surface area contributed by atoms with Crippen molar-refractivity contribution in [3.8, 4) is 22.1 Å². The molecule has 4 nitrogen and oxygen atoms in total. The van der Waals surface area contributed by atoms with Gasteiger partial charge < -0.3 is 9.47 Å². The molecule has 0 fully saturated rings. The molecule has 0 aliphatic heterocycles. The fraction of sp³-hybridized carbons (Fsp3) is 0.333. The van der Waals surface area contributed by atoms with Gasteiger partial charge in [-0.05, 0) is 12.1 Å². The van der Waals surface area contributed by atoms with Crippen molar-refractivity contribution in [1.29, 1.82) is 0 Å².